The molecule has 10 heteroatoms. The number of carbonyl (C=O) groups is 2. The molecule has 0 unspecified atom stereocenters. The first-order valence-corrected chi connectivity index (χ1v) is 9.90. The molecule has 168 valence electrons. The molecule has 4 aromatic rings. The minimum Gasteiger partial charge on any atom is -0.497 e. The van der Waals surface area contributed by atoms with Gasteiger partial charge < -0.3 is 10.1 Å². The van der Waals surface area contributed by atoms with Crippen molar-refractivity contribution in [1.29, 1.82) is 0 Å². The summed E-state index contributed by atoms with van der Waals surface area (Å²) in [6, 6.07) is 13.8. The van der Waals surface area contributed by atoms with E-state index in [1.54, 1.807) is 48.5 Å². The summed E-state index contributed by atoms with van der Waals surface area (Å²) in [5.74, 6) is -1.13. The molecule has 0 atom stereocenters. The van der Waals surface area contributed by atoms with Gasteiger partial charge in [-0.1, -0.05) is 29.8 Å². The Balaban J connectivity index is 1.71. The number of ketones is 1. The predicted octanol–water partition coefficient (Wildman–Crippen LogP) is 5.53. The van der Waals surface area contributed by atoms with Crippen molar-refractivity contribution >= 4 is 39.9 Å². The summed E-state index contributed by atoms with van der Waals surface area (Å²) < 4.78 is 45.4. The molecule has 4 rings (SSSR count). The fraction of sp³-hybridized carbons (Fsp3) is 0.0870. The summed E-state index contributed by atoms with van der Waals surface area (Å²) in [6.45, 7) is 0. The Morgan fingerprint density at radius 1 is 1.09 bits per heavy atom. The molecule has 0 aliphatic carbocycles. The van der Waals surface area contributed by atoms with Crippen LogP contribution in [0.4, 0.5) is 18.9 Å². The highest BCUT2D eigenvalue weighted by Crippen LogP contribution is 2.33. The molecule has 2 aromatic carbocycles. The third kappa shape index (κ3) is 4.40. The van der Waals surface area contributed by atoms with Crippen LogP contribution in [0.2, 0.25) is 5.02 Å². The third-order valence-corrected chi connectivity index (χ3v) is 5.17. The second-order valence-electron chi connectivity index (χ2n) is 6.97. The first-order valence-electron chi connectivity index (χ1n) is 9.52. The van der Waals surface area contributed by atoms with Crippen molar-refractivity contribution in [3.8, 4) is 11.6 Å². The summed E-state index contributed by atoms with van der Waals surface area (Å²) >= 11 is 6.10. The molecule has 0 aliphatic heterocycles. The number of hydrogen-bond donors (Lipinski definition) is 1. The number of fused-ring (bicyclic) bond motifs is 1. The molecule has 0 aliphatic rings. The van der Waals surface area contributed by atoms with Gasteiger partial charge in [-0.2, -0.15) is 13.2 Å². The monoisotopic (exact) mass is 473 g/mol. The number of alkyl halides is 3. The van der Waals surface area contributed by atoms with E-state index in [9.17, 15) is 22.8 Å². The average Bonchev–Trinajstić information content (AvgIpc) is 3.18. The molecule has 1 amide bonds. The second-order valence-corrected chi connectivity index (χ2v) is 7.38. The maximum atomic E-state index is 13.0. The van der Waals surface area contributed by atoms with E-state index in [0.29, 0.717) is 28.5 Å². The van der Waals surface area contributed by atoms with E-state index in [2.05, 4.69) is 10.3 Å². The molecule has 2 heterocycles. The SMILES string of the molecule is COc1ccc(NC(=O)C(=O)c2cn(-c3ncc(C(F)(F)F)cc3Cl)c3ccccc23)cc1. The Morgan fingerprint density at radius 3 is 2.42 bits per heavy atom. The van der Waals surface area contributed by atoms with Crippen molar-refractivity contribution in [2.45, 2.75) is 6.18 Å². The number of nitrogens with zero attached hydrogens (tertiary/aromatic N) is 2. The molecule has 0 saturated carbocycles. The van der Waals surface area contributed by atoms with Crippen LogP contribution in [-0.2, 0) is 11.0 Å². The zero-order valence-electron chi connectivity index (χ0n) is 17.0. The molecule has 1 N–H and O–H groups in total. The zero-order chi connectivity index (χ0) is 23.8. The highest BCUT2D eigenvalue weighted by Gasteiger charge is 2.32. The van der Waals surface area contributed by atoms with Gasteiger partial charge in [0.25, 0.3) is 11.7 Å². The number of nitrogens with one attached hydrogen (secondary N) is 1. The molecular formula is C23H15ClF3N3O3. The first kappa shape index (κ1) is 22.3. The number of benzene rings is 2. The summed E-state index contributed by atoms with van der Waals surface area (Å²) in [5, 5.41) is 2.68. The van der Waals surface area contributed by atoms with E-state index in [0.717, 1.165) is 6.07 Å². The van der Waals surface area contributed by atoms with E-state index < -0.39 is 23.4 Å². The van der Waals surface area contributed by atoms with Gasteiger partial charge in [-0.3, -0.25) is 14.2 Å². The highest BCUT2D eigenvalue weighted by molar-refractivity contribution is 6.48. The first-order chi connectivity index (χ1) is 15.7. The molecule has 0 radical (unpaired) electrons. The van der Waals surface area contributed by atoms with Gasteiger partial charge in [-0.05, 0) is 36.4 Å². The number of rotatable bonds is 5. The van der Waals surface area contributed by atoms with Gasteiger partial charge >= 0.3 is 6.18 Å². The van der Waals surface area contributed by atoms with E-state index in [1.165, 1.54) is 17.9 Å². The van der Waals surface area contributed by atoms with Crippen molar-refractivity contribution in [1.82, 2.24) is 9.55 Å². The number of anilines is 1. The fourth-order valence-corrected chi connectivity index (χ4v) is 3.54. The van der Waals surface area contributed by atoms with Crippen LogP contribution < -0.4 is 10.1 Å². The van der Waals surface area contributed by atoms with Crippen LogP contribution in [-0.4, -0.2) is 28.4 Å². The summed E-state index contributed by atoms with van der Waals surface area (Å²) in [4.78, 5) is 29.4. The van der Waals surface area contributed by atoms with Gasteiger partial charge in [0, 0.05) is 23.5 Å². The van der Waals surface area contributed by atoms with Gasteiger partial charge in [0.15, 0.2) is 5.82 Å². The maximum absolute atomic E-state index is 13.0. The van der Waals surface area contributed by atoms with Crippen LogP contribution in [0.1, 0.15) is 15.9 Å². The number of para-hydroxylation sites is 1. The van der Waals surface area contributed by atoms with Gasteiger partial charge in [0.1, 0.15) is 5.75 Å². The van der Waals surface area contributed by atoms with Gasteiger partial charge in [0.05, 0.1) is 28.8 Å². The van der Waals surface area contributed by atoms with Crippen LogP contribution in [0.15, 0.2) is 67.0 Å². The number of pyridine rings is 1. The third-order valence-electron chi connectivity index (χ3n) is 4.89. The summed E-state index contributed by atoms with van der Waals surface area (Å²) in [7, 11) is 1.50. The molecule has 33 heavy (non-hydrogen) atoms. The molecule has 0 fully saturated rings. The quantitative estimate of drug-likeness (QED) is 0.305. The number of halogens is 4. The second kappa shape index (κ2) is 8.59. The lowest BCUT2D eigenvalue weighted by Crippen LogP contribution is -2.22. The van der Waals surface area contributed by atoms with E-state index >= 15 is 0 Å². The van der Waals surface area contributed by atoms with E-state index in [-0.39, 0.29) is 16.4 Å². The van der Waals surface area contributed by atoms with Gasteiger partial charge in [0.2, 0.25) is 0 Å². The van der Waals surface area contributed by atoms with Crippen LogP contribution in [0.5, 0.6) is 5.75 Å². The van der Waals surface area contributed by atoms with Crippen molar-refractivity contribution in [3.05, 3.63) is 83.1 Å². The topological polar surface area (TPSA) is 73.2 Å². The predicted molar refractivity (Wildman–Crippen MR) is 117 cm³/mol. The Labute approximate surface area is 190 Å². The number of Topliss-reactive ketones (excluding diaryl/α,β-unsaturated/α-hetero) is 1. The number of ether oxygens (including phenoxy) is 1. The van der Waals surface area contributed by atoms with Gasteiger partial charge in [-0.25, -0.2) is 4.98 Å². The largest absolute Gasteiger partial charge is 0.497 e. The molecule has 0 bridgehead atoms. The van der Waals surface area contributed by atoms with E-state index in [1.807, 2.05) is 0 Å². The number of aromatic nitrogens is 2. The summed E-state index contributed by atoms with van der Waals surface area (Å²) in [5.41, 5.74) is -0.102. The zero-order valence-corrected chi connectivity index (χ0v) is 17.7. The molecule has 6 nitrogen and oxygen atoms in total. The highest BCUT2D eigenvalue weighted by atomic mass is 35.5. The van der Waals surface area contributed by atoms with Crippen LogP contribution in [0.25, 0.3) is 16.7 Å². The number of carbonyl (C=O) groups excluding carboxylic acids is 2. The van der Waals surface area contributed by atoms with Crippen LogP contribution in [0, 0.1) is 0 Å². The minimum atomic E-state index is -4.60. The van der Waals surface area contributed by atoms with Crippen molar-refractivity contribution in [2.75, 3.05) is 12.4 Å². The van der Waals surface area contributed by atoms with Crippen LogP contribution >= 0.6 is 11.6 Å². The molecule has 0 spiro atoms. The minimum absolute atomic E-state index is 0.00419. The lowest BCUT2D eigenvalue weighted by atomic mass is 10.1. The van der Waals surface area contributed by atoms with Crippen molar-refractivity contribution in [2.24, 2.45) is 0 Å². The Kier molecular flexibility index (Phi) is 5.82. The number of methoxy groups -OCH3 is 1. The smallest absolute Gasteiger partial charge is 0.417 e. The normalized spacial score (nSPS) is 11.4. The van der Waals surface area contributed by atoms with E-state index in [4.69, 9.17) is 16.3 Å². The molecule has 0 saturated heterocycles. The molecular weight excluding hydrogens is 459 g/mol. The standard InChI is InChI=1S/C23H15ClF3N3O3/c1-33-15-8-6-14(7-9-15)29-22(32)20(31)17-12-30(19-5-3-2-4-16(17)19)21-18(24)10-13(11-28-21)23(25,26)27/h2-12H,1H3,(H,29,32). The Morgan fingerprint density at radius 2 is 1.79 bits per heavy atom. The number of amides is 1. The van der Waals surface area contributed by atoms with Gasteiger partial charge in [-0.15, -0.1) is 0 Å². The van der Waals surface area contributed by atoms with Crippen molar-refractivity contribution < 1.29 is 27.5 Å². The fourth-order valence-electron chi connectivity index (χ4n) is 3.28. The maximum Gasteiger partial charge on any atom is 0.417 e. The van der Waals surface area contributed by atoms with Crippen molar-refractivity contribution in [3.63, 3.8) is 0 Å². The average molecular weight is 474 g/mol. The Hall–Kier alpha value is -3.85. The Bertz CT molecular complexity index is 1370. The lowest BCUT2D eigenvalue weighted by molar-refractivity contribution is -0.137. The molecule has 2 aromatic heterocycles. The summed E-state index contributed by atoms with van der Waals surface area (Å²) in [6.07, 6.45) is -2.61. The van der Waals surface area contributed by atoms with Crippen LogP contribution in [0.3, 0.4) is 0 Å². The lowest BCUT2D eigenvalue weighted by Gasteiger charge is -2.10. The number of hydrogen-bond acceptors (Lipinski definition) is 4.